The number of pyridine rings is 2. The van der Waals surface area contributed by atoms with E-state index in [-0.39, 0.29) is 17.0 Å². The summed E-state index contributed by atoms with van der Waals surface area (Å²) in [6, 6.07) is 1.73. The summed E-state index contributed by atoms with van der Waals surface area (Å²) in [6.07, 6.45) is 4.83. The lowest BCUT2D eigenvalue weighted by atomic mass is 10.1. The Morgan fingerprint density at radius 3 is 2.44 bits per heavy atom. The predicted molar refractivity (Wildman–Crippen MR) is 121 cm³/mol. The highest BCUT2D eigenvalue weighted by molar-refractivity contribution is 7.98. The van der Waals surface area contributed by atoms with Crippen LogP contribution in [0.2, 0.25) is 0 Å². The monoisotopic (exact) mass is 510 g/mol. The van der Waals surface area contributed by atoms with E-state index in [9.17, 15) is 31.5 Å². The fraction of sp³-hybridized carbons (Fsp3) is 0.190. The van der Waals surface area contributed by atoms with Gasteiger partial charge in [-0.15, -0.1) is 11.8 Å². The Balaban J connectivity index is 1.86. The number of aromatic carboxylic acids is 1. The highest BCUT2D eigenvalue weighted by Crippen LogP contribution is 2.37. The van der Waals surface area contributed by atoms with Crippen molar-refractivity contribution in [3.8, 4) is 11.4 Å². The Morgan fingerprint density at radius 1 is 1.24 bits per heavy atom. The van der Waals surface area contributed by atoms with Crippen LogP contribution in [0.1, 0.15) is 17.3 Å². The number of carbonyl (C=O) groups is 1. The molecule has 0 fully saturated rings. The molecule has 3 aromatic heterocycles. The molecule has 1 aliphatic carbocycles. The zero-order chi connectivity index (χ0) is 24.8. The number of fused-ring (bicyclic) bond motifs is 1. The van der Waals surface area contributed by atoms with E-state index in [0.29, 0.717) is 23.7 Å². The molecule has 178 valence electrons. The van der Waals surface area contributed by atoms with Gasteiger partial charge in [0.2, 0.25) is 10.0 Å². The Morgan fingerprint density at radius 2 is 1.94 bits per heavy atom. The largest absolute Gasteiger partial charge is 0.478 e. The number of sulfonamides is 1. The van der Waals surface area contributed by atoms with Gasteiger partial charge in [-0.05, 0) is 43.5 Å². The van der Waals surface area contributed by atoms with Gasteiger partial charge in [-0.3, -0.25) is 9.55 Å². The van der Waals surface area contributed by atoms with Gasteiger partial charge in [0.15, 0.2) is 0 Å². The molecular weight excluding hydrogens is 493 g/mol. The van der Waals surface area contributed by atoms with Crippen molar-refractivity contribution >= 4 is 44.5 Å². The van der Waals surface area contributed by atoms with Gasteiger partial charge < -0.3 is 5.11 Å². The third-order valence-electron chi connectivity index (χ3n) is 5.14. The van der Waals surface area contributed by atoms with Crippen LogP contribution in [0.3, 0.4) is 0 Å². The number of nitrogens with one attached hydrogen (secondary N) is 1. The van der Waals surface area contributed by atoms with E-state index in [1.807, 2.05) is 6.26 Å². The lowest BCUT2D eigenvalue weighted by molar-refractivity contribution is -0.147. The molecular formula is C21H17F3N4O4S2. The molecule has 13 heteroatoms. The third kappa shape index (κ3) is 4.21. The van der Waals surface area contributed by atoms with Gasteiger partial charge in [0, 0.05) is 28.4 Å². The first-order valence-electron chi connectivity index (χ1n) is 9.70. The number of thioether (sulfide) groups is 1. The van der Waals surface area contributed by atoms with Crippen LogP contribution in [0.5, 0.6) is 0 Å². The molecule has 0 aromatic carbocycles. The van der Waals surface area contributed by atoms with Crippen LogP contribution in [0.25, 0.3) is 28.1 Å². The number of halogens is 3. The predicted octanol–water partition coefficient (Wildman–Crippen LogP) is 4.16. The summed E-state index contributed by atoms with van der Waals surface area (Å²) in [5.74, 6) is -1.23. The van der Waals surface area contributed by atoms with Crippen LogP contribution < -0.4 is 4.72 Å². The summed E-state index contributed by atoms with van der Waals surface area (Å²) in [6.45, 7) is 0.687. The van der Waals surface area contributed by atoms with Gasteiger partial charge in [0.25, 0.3) is 0 Å². The highest BCUT2D eigenvalue weighted by Gasteiger charge is 2.39. The van der Waals surface area contributed by atoms with Crippen molar-refractivity contribution in [2.24, 2.45) is 0 Å². The molecule has 0 aliphatic heterocycles. The van der Waals surface area contributed by atoms with Gasteiger partial charge in [0.05, 0.1) is 17.0 Å². The lowest BCUT2D eigenvalue weighted by Crippen LogP contribution is -2.42. The molecule has 2 N–H and O–H groups in total. The number of carboxylic acid groups (broad SMARTS) is 1. The van der Waals surface area contributed by atoms with Crippen molar-refractivity contribution < 1.29 is 31.5 Å². The van der Waals surface area contributed by atoms with Crippen LogP contribution in [0.4, 0.5) is 13.2 Å². The fourth-order valence-electron chi connectivity index (χ4n) is 3.35. The van der Waals surface area contributed by atoms with Crippen LogP contribution in [-0.4, -0.2) is 52.5 Å². The molecule has 0 saturated heterocycles. The van der Waals surface area contributed by atoms with Crippen LogP contribution >= 0.6 is 11.8 Å². The maximum absolute atomic E-state index is 12.8. The molecule has 0 amide bonds. The van der Waals surface area contributed by atoms with Gasteiger partial charge in [-0.1, -0.05) is 6.08 Å². The second-order valence-corrected chi connectivity index (χ2v) is 9.92. The van der Waals surface area contributed by atoms with E-state index in [1.165, 1.54) is 17.8 Å². The second kappa shape index (κ2) is 8.56. The number of carboxylic acids is 1. The minimum atomic E-state index is -4.76. The molecule has 0 bridgehead atoms. The van der Waals surface area contributed by atoms with E-state index in [0.717, 1.165) is 17.2 Å². The molecule has 34 heavy (non-hydrogen) atoms. The Kier molecular flexibility index (Phi) is 6.04. The topological polar surface area (TPSA) is 114 Å². The molecule has 1 atom stereocenters. The van der Waals surface area contributed by atoms with Crippen molar-refractivity contribution in [1.29, 1.82) is 0 Å². The summed E-state index contributed by atoms with van der Waals surface area (Å²) in [4.78, 5) is 21.0. The summed E-state index contributed by atoms with van der Waals surface area (Å²) >= 11 is 1.39. The van der Waals surface area contributed by atoms with Crippen LogP contribution in [-0.2, 0) is 10.0 Å². The van der Waals surface area contributed by atoms with Gasteiger partial charge >= 0.3 is 12.1 Å². The number of allylic oxidation sites excluding steroid dienone is 4. The zero-order valence-electron chi connectivity index (χ0n) is 17.7. The SMILES string of the molecule is CSc1cnc2c(c1)c(C(=O)O)c(-c1ccc(S(=O)(=O)N[C@@H](C)C(F)(F)F)cn1)n2C1=CC=C1. The van der Waals surface area contributed by atoms with Crippen LogP contribution in [0.15, 0.2) is 58.6 Å². The zero-order valence-corrected chi connectivity index (χ0v) is 19.3. The third-order valence-corrected chi connectivity index (χ3v) is 7.36. The quantitative estimate of drug-likeness (QED) is 0.459. The van der Waals surface area contributed by atoms with Gasteiger partial charge in [-0.2, -0.15) is 17.9 Å². The summed E-state index contributed by atoms with van der Waals surface area (Å²) in [7, 11) is -4.51. The Labute approximate surface area is 196 Å². The van der Waals surface area contributed by atoms with Crippen molar-refractivity contribution in [3.63, 3.8) is 0 Å². The Bertz CT molecular complexity index is 1460. The molecule has 0 saturated carbocycles. The van der Waals surface area contributed by atoms with E-state index in [1.54, 1.807) is 39.8 Å². The molecule has 4 rings (SSSR count). The standard InChI is InChI=1S/C21H17F3N4O4S2/c1-11(21(22,23)24)27-34(31,32)14-6-7-16(25-10-14)18-17(20(29)30)15-8-13(33-2)9-26-19(15)28(18)12-4-3-5-12/h3-11,27H,1-2H3,(H,29,30)/t11-/m0/s1. The molecule has 3 heterocycles. The first-order chi connectivity index (χ1) is 15.9. The molecule has 0 radical (unpaired) electrons. The number of hydrogen-bond acceptors (Lipinski definition) is 6. The highest BCUT2D eigenvalue weighted by atomic mass is 32.2. The maximum atomic E-state index is 12.8. The summed E-state index contributed by atoms with van der Waals surface area (Å²) in [5, 5.41) is 10.4. The normalized spacial score (nSPS) is 14.7. The number of nitrogens with zero attached hydrogens (tertiary/aromatic N) is 3. The van der Waals surface area contributed by atoms with Gasteiger partial charge in [-0.25, -0.2) is 18.2 Å². The molecule has 3 aromatic rings. The Hall–Kier alpha value is -3.16. The fourth-order valence-corrected chi connectivity index (χ4v) is 4.91. The molecule has 0 unspecified atom stereocenters. The van der Waals surface area contributed by atoms with E-state index >= 15 is 0 Å². The number of hydrogen-bond donors (Lipinski definition) is 2. The average Bonchev–Trinajstić information content (AvgIpc) is 3.06. The van der Waals surface area contributed by atoms with Crippen molar-refractivity contribution in [2.75, 3.05) is 6.26 Å². The molecule has 0 spiro atoms. The van der Waals surface area contributed by atoms with E-state index in [2.05, 4.69) is 9.97 Å². The first-order valence-corrected chi connectivity index (χ1v) is 12.4. The second-order valence-electron chi connectivity index (χ2n) is 7.32. The first kappa shape index (κ1) is 24.0. The molecule has 1 aliphatic rings. The molecule has 8 nitrogen and oxygen atoms in total. The number of rotatable bonds is 7. The minimum Gasteiger partial charge on any atom is -0.478 e. The average molecular weight is 511 g/mol. The van der Waals surface area contributed by atoms with Crippen molar-refractivity contribution in [2.45, 2.75) is 28.9 Å². The minimum absolute atomic E-state index is 0.0773. The number of alkyl halides is 3. The van der Waals surface area contributed by atoms with Crippen molar-refractivity contribution in [3.05, 3.63) is 54.4 Å². The van der Waals surface area contributed by atoms with Crippen LogP contribution in [0, 0.1) is 0 Å². The van der Waals surface area contributed by atoms with E-state index in [4.69, 9.17) is 0 Å². The summed E-state index contributed by atoms with van der Waals surface area (Å²) < 4.78 is 66.3. The van der Waals surface area contributed by atoms with E-state index < -0.39 is 33.1 Å². The number of aromatic nitrogens is 3. The maximum Gasteiger partial charge on any atom is 0.404 e. The summed E-state index contributed by atoms with van der Waals surface area (Å²) in [5.41, 5.74) is 1.23. The van der Waals surface area contributed by atoms with Gasteiger partial charge in [0.1, 0.15) is 16.6 Å². The van der Waals surface area contributed by atoms with Crippen molar-refractivity contribution in [1.82, 2.24) is 19.3 Å². The lowest BCUT2D eigenvalue weighted by Gasteiger charge is -2.17. The smallest absolute Gasteiger partial charge is 0.404 e.